The molecule has 2 atom stereocenters. The lowest BCUT2D eigenvalue weighted by Gasteiger charge is -2.30. The monoisotopic (exact) mass is 424 g/mol. The molecule has 0 aliphatic heterocycles. The Morgan fingerprint density at radius 2 is 1.77 bits per heavy atom. The molecular weight excluding hydrogens is 396 g/mol. The van der Waals surface area contributed by atoms with Gasteiger partial charge in [0.1, 0.15) is 12.1 Å². The average molecular weight is 425 g/mol. The van der Waals surface area contributed by atoms with Crippen LogP contribution in [0, 0.1) is 16.7 Å². The number of nitrogens with one attached hydrogen (secondary N) is 2. The molecule has 164 valence electrons. The number of hydrogen-bond donors (Lipinski definition) is 2. The lowest BCUT2D eigenvalue weighted by atomic mass is 9.86. The molecule has 0 saturated heterocycles. The van der Waals surface area contributed by atoms with Crippen molar-refractivity contribution in [3.63, 3.8) is 0 Å². The Morgan fingerprint density at radius 1 is 1.13 bits per heavy atom. The number of amides is 2. The third-order valence-electron chi connectivity index (χ3n) is 4.95. The smallest absolute Gasteiger partial charge is 0.329 e. The Labute approximate surface area is 182 Å². The molecule has 0 saturated carbocycles. The second kappa shape index (κ2) is 9.94. The number of rotatable bonds is 7. The highest BCUT2D eigenvalue weighted by Crippen LogP contribution is 2.25. The summed E-state index contributed by atoms with van der Waals surface area (Å²) in [7, 11) is 2.77. The molecule has 2 rings (SSSR count). The number of benzene rings is 1. The molecule has 8 heteroatoms. The van der Waals surface area contributed by atoms with Crippen molar-refractivity contribution in [2.45, 2.75) is 39.3 Å². The predicted molar refractivity (Wildman–Crippen MR) is 116 cm³/mol. The van der Waals surface area contributed by atoms with Gasteiger partial charge in [0, 0.05) is 19.4 Å². The van der Waals surface area contributed by atoms with Crippen LogP contribution in [0.5, 0.6) is 0 Å². The molecule has 0 bridgehead atoms. The van der Waals surface area contributed by atoms with E-state index in [9.17, 15) is 14.4 Å². The van der Waals surface area contributed by atoms with Crippen LogP contribution in [-0.2, 0) is 19.1 Å². The molecule has 2 amide bonds. The van der Waals surface area contributed by atoms with Gasteiger partial charge in [0.2, 0.25) is 11.8 Å². The zero-order valence-electron chi connectivity index (χ0n) is 18.4. The topological polar surface area (TPSA) is 113 Å². The van der Waals surface area contributed by atoms with Crippen LogP contribution in [0.1, 0.15) is 38.8 Å². The third-order valence-corrected chi connectivity index (χ3v) is 4.95. The van der Waals surface area contributed by atoms with Crippen molar-refractivity contribution >= 4 is 17.8 Å². The highest BCUT2D eigenvalue weighted by atomic mass is 16.5. The van der Waals surface area contributed by atoms with Crippen LogP contribution in [0.15, 0.2) is 42.7 Å². The van der Waals surface area contributed by atoms with Crippen molar-refractivity contribution in [2.24, 2.45) is 5.41 Å². The standard InChI is InChI=1S/C23H28N4O4/c1-23(2,3)20(21(29)25-4)26-19(28)12-18(22(30)31-5)27-11-10-17(14-27)16-8-6-15(13-24)7-9-16/h6-11,14,18,20H,12H2,1-5H3,(H,25,29)(H,26,28)/t18?,20-/m1/s1. The molecule has 0 spiro atoms. The maximum Gasteiger partial charge on any atom is 0.329 e. The van der Waals surface area contributed by atoms with Crippen LogP contribution < -0.4 is 10.6 Å². The SMILES string of the molecule is CNC(=O)[C@@H](NC(=O)CC(C(=O)OC)n1ccc(-c2ccc(C#N)cc2)c1)C(C)(C)C. The Balaban J connectivity index is 2.23. The van der Waals surface area contributed by atoms with E-state index in [4.69, 9.17) is 10.00 Å². The summed E-state index contributed by atoms with van der Waals surface area (Å²) in [6.45, 7) is 5.54. The van der Waals surface area contributed by atoms with Crippen LogP contribution in [-0.4, -0.2) is 42.6 Å². The number of nitriles is 1. The highest BCUT2D eigenvalue weighted by Gasteiger charge is 2.33. The zero-order chi connectivity index (χ0) is 23.2. The largest absolute Gasteiger partial charge is 0.467 e. The number of methoxy groups -OCH3 is 1. The van der Waals surface area contributed by atoms with E-state index in [2.05, 4.69) is 16.7 Å². The summed E-state index contributed by atoms with van der Waals surface area (Å²) in [6.07, 6.45) is 3.26. The van der Waals surface area contributed by atoms with Crippen LogP contribution in [0.4, 0.5) is 0 Å². The van der Waals surface area contributed by atoms with Gasteiger partial charge in [-0.3, -0.25) is 9.59 Å². The fraction of sp³-hybridized carbons (Fsp3) is 0.391. The number of ether oxygens (including phenoxy) is 1. The van der Waals surface area contributed by atoms with Crippen molar-refractivity contribution in [1.29, 1.82) is 5.26 Å². The normalized spacial score (nSPS) is 12.9. The fourth-order valence-corrected chi connectivity index (χ4v) is 3.18. The summed E-state index contributed by atoms with van der Waals surface area (Å²) >= 11 is 0. The predicted octanol–water partition coefficient (Wildman–Crippen LogP) is 2.41. The highest BCUT2D eigenvalue weighted by molar-refractivity contribution is 5.90. The van der Waals surface area contributed by atoms with Crippen molar-refractivity contribution in [3.05, 3.63) is 48.3 Å². The van der Waals surface area contributed by atoms with Gasteiger partial charge in [-0.1, -0.05) is 32.9 Å². The molecule has 8 nitrogen and oxygen atoms in total. The number of nitrogens with zero attached hydrogens (tertiary/aromatic N) is 2. The summed E-state index contributed by atoms with van der Waals surface area (Å²) in [5, 5.41) is 14.2. The Hall–Kier alpha value is -3.60. The van der Waals surface area contributed by atoms with Gasteiger partial charge < -0.3 is 19.9 Å². The number of likely N-dealkylation sites (N-methyl/N-ethyl adjacent to an activating group) is 1. The maximum atomic E-state index is 12.7. The van der Waals surface area contributed by atoms with Gasteiger partial charge in [0.15, 0.2) is 0 Å². The summed E-state index contributed by atoms with van der Waals surface area (Å²) in [5.74, 6) is -1.31. The van der Waals surface area contributed by atoms with Gasteiger partial charge in [-0.15, -0.1) is 0 Å². The molecule has 0 aliphatic rings. The molecule has 0 radical (unpaired) electrons. The minimum Gasteiger partial charge on any atom is -0.467 e. The van der Waals surface area contributed by atoms with E-state index in [1.165, 1.54) is 14.2 Å². The van der Waals surface area contributed by atoms with Crippen molar-refractivity contribution in [2.75, 3.05) is 14.2 Å². The number of esters is 1. The molecule has 31 heavy (non-hydrogen) atoms. The first-order chi connectivity index (χ1) is 14.6. The van der Waals surface area contributed by atoms with Gasteiger partial charge in [-0.2, -0.15) is 5.26 Å². The van der Waals surface area contributed by atoms with E-state index >= 15 is 0 Å². The molecule has 2 aromatic rings. The Bertz CT molecular complexity index is 980. The second-order valence-corrected chi connectivity index (χ2v) is 8.26. The average Bonchev–Trinajstić information content (AvgIpc) is 3.23. The number of carbonyl (C=O) groups excluding carboxylic acids is 3. The van der Waals surface area contributed by atoms with Gasteiger partial charge in [0.25, 0.3) is 0 Å². The van der Waals surface area contributed by atoms with Crippen LogP contribution in [0.25, 0.3) is 11.1 Å². The Kier molecular flexibility index (Phi) is 7.59. The quantitative estimate of drug-likeness (QED) is 0.663. The van der Waals surface area contributed by atoms with Gasteiger partial charge in [-0.05, 0) is 34.7 Å². The van der Waals surface area contributed by atoms with Crippen molar-refractivity contribution in [1.82, 2.24) is 15.2 Å². The molecule has 1 aromatic heterocycles. The van der Waals surface area contributed by atoms with Crippen molar-refractivity contribution in [3.8, 4) is 17.2 Å². The van der Waals surface area contributed by atoms with E-state index in [0.29, 0.717) is 5.56 Å². The van der Waals surface area contributed by atoms with E-state index in [-0.39, 0.29) is 12.3 Å². The van der Waals surface area contributed by atoms with Crippen molar-refractivity contribution < 1.29 is 19.1 Å². The van der Waals surface area contributed by atoms with Crippen LogP contribution in [0.2, 0.25) is 0 Å². The summed E-state index contributed by atoms with van der Waals surface area (Å²) < 4.78 is 6.51. The lowest BCUT2D eigenvalue weighted by molar-refractivity contribution is -0.146. The Morgan fingerprint density at radius 3 is 2.29 bits per heavy atom. The van der Waals surface area contributed by atoms with E-state index in [1.807, 2.05) is 39.0 Å². The first-order valence-corrected chi connectivity index (χ1v) is 9.87. The maximum absolute atomic E-state index is 12.7. The first-order valence-electron chi connectivity index (χ1n) is 9.87. The minimum atomic E-state index is -0.887. The molecular formula is C23H28N4O4. The van der Waals surface area contributed by atoms with Gasteiger partial charge >= 0.3 is 5.97 Å². The van der Waals surface area contributed by atoms with E-state index < -0.39 is 29.4 Å². The van der Waals surface area contributed by atoms with E-state index in [0.717, 1.165) is 11.1 Å². The van der Waals surface area contributed by atoms with E-state index in [1.54, 1.807) is 29.1 Å². The summed E-state index contributed by atoms with van der Waals surface area (Å²) in [5.41, 5.74) is 1.75. The number of hydrogen-bond acceptors (Lipinski definition) is 5. The second-order valence-electron chi connectivity index (χ2n) is 8.26. The molecule has 2 N–H and O–H groups in total. The van der Waals surface area contributed by atoms with Crippen LogP contribution >= 0.6 is 0 Å². The minimum absolute atomic E-state index is 0.183. The summed E-state index contributed by atoms with van der Waals surface area (Å²) in [4.78, 5) is 37.3. The van der Waals surface area contributed by atoms with Crippen LogP contribution in [0.3, 0.4) is 0 Å². The fourth-order valence-electron chi connectivity index (χ4n) is 3.18. The number of aromatic nitrogens is 1. The van der Waals surface area contributed by atoms with Gasteiger partial charge in [-0.25, -0.2) is 4.79 Å². The molecule has 1 heterocycles. The molecule has 0 aliphatic carbocycles. The zero-order valence-corrected chi connectivity index (χ0v) is 18.4. The summed E-state index contributed by atoms with van der Waals surface area (Å²) in [6, 6.07) is 9.31. The first kappa shape index (κ1) is 23.7. The molecule has 1 unspecified atom stereocenters. The third kappa shape index (κ3) is 5.95. The lowest BCUT2D eigenvalue weighted by Crippen LogP contribution is -2.53. The number of carbonyl (C=O) groups is 3. The molecule has 0 fully saturated rings. The van der Waals surface area contributed by atoms with Gasteiger partial charge in [0.05, 0.1) is 25.2 Å². The molecule has 1 aromatic carbocycles.